The number of piperidine rings is 1. The summed E-state index contributed by atoms with van der Waals surface area (Å²) in [6.07, 6.45) is 2.21. The smallest absolute Gasteiger partial charge is 0.243 e. The van der Waals surface area contributed by atoms with Gasteiger partial charge in [-0.05, 0) is 61.9 Å². The van der Waals surface area contributed by atoms with Gasteiger partial charge in [-0.25, -0.2) is 8.42 Å². The highest BCUT2D eigenvalue weighted by molar-refractivity contribution is 7.89. The van der Waals surface area contributed by atoms with Crippen LogP contribution in [-0.4, -0.2) is 31.7 Å². The van der Waals surface area contributed by atoms with Crippen LogP contribution in [0.15, 0.2) is 53.4 Å². The fraction of sp³-hybridized carbons (Fsp3) is 0.435. The van der Waals surface area contributed by atoms with Crippen LogP contribution in [0.3, 0.4) is 0 Å². The van der Waals surface area contributed by atoms with Crippen LogP contribution in [0.5, 0.6) is 0 Å². The third-order valence-electron chi connectivity index (χ3n) is 5.88. The van der Waals surface area contributed by atoms with Crippen LogP contribution in [0.2, 0.25) is 0 Å². The van der Waals surface area contributed by atoms with Crippen LogP contribution >= 0.6 is 0 Å². The van der Waals surface area contributed by atoms with Crippen molar-refractivity contribution in [2.75, 3.05) is 13.1 Å². The topological polar surface area (TPSA) is 66.5 Å². The van der Waals surface area contributed by atoms with Gasteiger partial charge >= 0.3 is 0 Å². The predicted molar refractivity (Wildman–Crippen MR) is 115 cm³/mol. The lowest BCUT2D eigenvalue weighted by atomic mass is 9.82. The largest absolute Gasteiger partial charge is 0.352 e. The number of hydrogen-bond acceptors (Lipinski definition) is 3. The second kappa shape index (κ2) is 8.67. The van der Waals surface area contributed by atoms with E-state index in [1.54, 1.807) is 12.1 Å². The first-order valence-corrected chi connectivity index (χ1v) is 11.6. The average molecular weight is 415 g/mol. The molecular formula is C23H30N2O3S. The molecule has 1 amide bonds. The Morgan fingerprint density at radius 3 is 2.48 bits per heavy atom. The lowest BCUT2D eigenvalue weighted by Gasteiger charge is -2.38. The molecule has 1 N–H and O–H groups in total. The van der Waals surface area contributed by atoms with Crippen molar-refractivity contribution in [1.29, 1.82) is 0 Å². The second-order valence-corrected chi connectivity index (χ2v) is 10.0. The van der Waals surface area contributed by atoms with Crippen LogP contribution in [0.25, 0.3) is 0 Å². The van der Waals surface area contributed by atoms with Crippen LogP contribution in [0.1, 0.15) is 43.4 Å². The highest BCUT2D eigenvalue weighted by Crippen LogP contribution is 2.33. The minimum Gasteiger partial charge on any atom is -0.352 e. The molecule has 0 aromatic heterocycles. The van der Waals surface area contributed by atoms with E-state index in [0.717, 1.165) is 23.1 Å². The molecule has 5 nitrogen and oxygen atoms in total. The molecule has 3 rings (SSSR count). The van der Waals surface area contributed by atoms with Gasteiger partial charge < -0.3 is 5.32 Å². The lowest BCUT2D eigenvalue weighted by Crippen LogP contribution is -2.51. The summed E-state index contributed by atoms with van der Waals surface area (Å²) in [7, 11) is -3.61. The Morgan fingerprint density at radius 1 is 1.14 bits per heavy atom. The number of amides is 1. The molecule has 1 aliphatic rings. The van der Waals surface area contributed by atoms with Crippen LogP contribution in [-0.2, 0) is 27.8 Å². The monoisotopic (exact) mass is 414 g/mol. The van der Waals surface area contributed by atoms with Gasteiger partial charge in [0.25, 0.3) is 0 Å². The molecule has 0 radical (unpaired) electrons. The molecule has 1 saturated heterocycles. The maximum atomic E-state index is 13.1. The minimum absolute atomic E-state index is 0.0954. The Balaban J connectivity index is 1.72. The Labute approximate surface area is 174 Å². The third-order valence-corrected chi connectivity index (χ3v) is 7.74. The molecule has 1 aliphatic heterocycles. The van der Waals surface area contributed by atoms with Gasteiger partial charge in [0.05, 0.1) is 10.3 Å². The number of aryl methyl sites for hydroxylation is 2. The number of hydrogen-bond donors (Lipinski definition) is 1. The first-order chi connectivity index (χ1) is 13.8. The fourth-order valence-corrected chi connectivity index (χ4v) is 5.43. The third kappa shape index (κ3) is 4.70. The summed E-state index contributed by atoms with van der Waals surface area (Å²) in [5.74, 6) is -0.0954. The summed E-state index contributed by atoms with van der Waals surface area (Å²) in [5.41, 5.74) is 2.56. The molecule has 0 aliphatic carbocycles. The summed E-state index contributed by atoms with van der Waals surface area (Å²) >= 11 is 0. The highest BCUT2D eigenvalue weighted by atomic mass is 32.2. The van der Waals surface area contributed by atoms with Gasteiger partial charge in [0.1, 0.15) is 0 Å². The van der Waals surface area contributed by atoms with Crippen molar-refractivity contribution in [1.82, 2.24) is 9.62 Å². The fourth-order valence-electron chi connectivity index (χ4n) is 3.83. The molecule has 2 aromatic rings. The van der Waals surface area contributed by atoms with Gasteiger partial charge in [-0.3, -0.25) is 4.79 Å². The normalized spacial score (nSPS) is 20.4. The van der Waals surface area contributed by atoms with Crippen molar-refractivity contribution >= 4 is 15.9 Å². The van der Waals surface area contributed by atoms with E-state index in [-0.39, 0.29) is 12.5 Å². The van der Waals surface area contributed by atoms with Crippen molar-refractivity contribution in [3.63, 3.8) is 0 Å². The van der Waals surface area contributed by atoms with Gasteiger partial charge in [-0.15, -0.1) is 0 Å². The van der Waals surface area contributed by atoms with E-state index in [1.165, 1.54) is 4.31 Å². The van der Waals surface area contributed by atoms with E-state index in [2.05, 4.69) is 5.32 Å². The van der Waals surface area contributed by atoms with Crippen molar-refractivity contribution in [3.05, 3.63) is 65.2 Å². The van der Waals surface area contributed by atoms with Gasteiger partial charge in [0.15, 0.2) is 0 Å². The first kappa shape index (κ1) is 21.5. The SMILES string of the molecule is CCc1ccc(S(=O)(=O)N2CCC[C@](C)(C(=O)NCc3ccccc3C)C2)cc1. The predicted octanol–water partition coefficient (Wildman–Crippen LogP) is 3.66. The summed E-state index contributed by atoms with van der Waals surface area (Å²) < 4.78 is 27.7. The van der Waals surface area contributed by atoms with E-state index in [4.69, 9.17) is 0 Å². The number of nitrogens with zero attached hydrogens (tertiary/aromatic N) is 1. The van der Waals surface area contributed by atoms with Crippen molar-refractivity contribution < 1.29 is 13.2 Å². The Kier molecular flexibility index (Phi) is 6.44. The molecule has 1 heterocycles. The number of rotatable bonds is 6. The van der Waals surface area contributed by atoms with Gasteiger partial charge in [-0.1, -0.05) is 43.3 Å². The van der Waals surface area contributed by atoms with Gasteiger partial charge in [0, 0.05) is 19.6 Å². The summed E-state index contributed by atoms with van der Waals surface area (Å²) in [6.45, 7) is 7.01. The minimum atomic E-state index is -3.61. The van der Waals surface area contributed by atoms with E-state index >= 15 is 0 Å². The van der Waals surface area contributed by atoms with Crippen molar-refractivity contribution in [2.45, 2.75) is 51.5 Å². The molecule has 0 saturated carbocycles. The maximum absolute atomic E-state index is 13.1. The van der Waals surface area contributed by atoms with E-state index in [0.29, 0.717) is 30.8 Å². The molecule has 29 heavy (non-hydrogen) atoms. The molecule has 1 atom stereocenters. The Hall–Kier alpha value is -2.18. The van der Waals surface area contributed by atoms with Gasteiger partial charge in [0.2, 0.25) is 15.9 Å². The lowest BCUT2D eigenvalue weighted by molar-refractivity contribution is -0.132. The molecule has 6 heteroatoms. The number of nitrogens with one attached hydrogen (secondary N) is 1. The maximum Gasteiger partial charge on any atom is 0.243 e. The standard InChI is InChI=1S/C23H30N2O3S/c1-4-19-10-12-21(13-11-19)29(27,28)25-15-7-14-23(3,17-25)22(26)24-16-20-9-6-5-8-18(20)2/h5-6,8-13H,4,7,14-17H2,1-3H3,(H,24,26)/t23-/m0/s1. The molecular weight excluding hydrogens is 384 g/mol. The molecule has 2 aromatic carbocycles. The zero-order chi connectivity index (χ0) is 21.1. The Bertz CT molecular complexity index is 970. The summed E-state index contributed by atoms with van der Waals surface area (Å²) in [6, 6.07) is 15.0. The van der Waals surface area contributed by atoms with Crippen LogP contribution < -0.4 is 5.32 Å². The quantitative estimate of drug-likeness (QED) is 0.784. The number of carbonyl (C=O) groups is 1. The number of sulfonamides is 1. The number of benzene rings is 2. The zero-order valence-electron chi connectivity index (χ0n) is 17.4. The van der Waals surface area contributed by atoms with Crippen LogP contribution in [0.4, 0.5) is 0 Å². The van der Waals surface area contributed by atoms with E-state index in [1.807, 2.05) is 57.2 Å². The Morgan fingerprint density at radius 2 is 1.83 bits per heavy atom. The zero-order valence-corrected chi connectivity index (χ0v) is 18.3. The van der Waals surface area contributed by atoms with Crippen molar-refractivity contribution in [2.24, 2.45) is 5.41 Å². The summed E-state index contributed by atoms with van der Waals surface area (Å²) in [5, 5.41) is 3.02. The number of carbonyl (C=O) groups excluding carboxylic acids is 1. The van der Waals surface area contributed by atoms with Crippen LogP contribution in [0, 0.1) is 12.3 Å². The van der Waals surface area contributed by atoms with Crippen molar-refractivity contribution in [3.8, 4) is 0 Å². The van der Waals surface area contributed by atoms with Gasteiger partial charge in [-0.2, -0.15) is 4.31 Å². The first-order valence-electron chi connectivity index (χ1n) is 10.2. The molecule has 0 spiro atoms. The summed E-state index contributed by atoms with van der Waals surface area (Å²) in [4.78, 5) is 13.3. The molecule has 1 fully saturated rings. The van der Waals surface area contributed by atoms with E-state index < -0.39 is 15.4 Å². The molecule has 0 unspecified atom stereocenters. The van der Waals surface area contributed by atoms with E-state index in [9.17, 15) is 13.2 Å². The average Bonchev–Trinajstić information content (AvgIpc) is 2.73. The second-order valence-electron chi connectivity index (χ2n) is 8.11. The molecule has 156 valence electrons. The highest BCUT2D eigenvalue weighted by Gasteiger charge is 2.41. The molecule has 0 bridgehead atoms.